The van der Waals surface area contributed by atoms with E-state index in [0.717, 1.165) is 18.9 Å². The monoisotopic (exact) mass is 614 g/mol. The molecule has 230 valence electrons. The maximum Gasteiger partial charge on any atom is 0.419 e. The molecule has 4 N–H and O–H groups in total. The van der Waals surface area contributed by atoms with E-state index in [-0.39, 0.29) is 47.3 Å². The number of nitrogens with zero attached hydrogens (tertiary/aromatic N) is 2. The predicted molar refractivity (Wildman–Crippen MR) is 148 cm³/mol. The largest absolute Gasteiger partial charge is 0.482 e. The number of rotatable bonds is 7. The second-order valence-electron chi connectivity index (χ2n) is 10.8. The first-order valence-electron chi connectivity index (χ1n) is 13.7. The molecule has 3 aromatic rings. The summed E-state index contributed by atoms with van der Waals surface area (Å²) in [5.41, 5.74) is -0.739. The Labute approximate surface area is 247 Å². The molecule has 1 aliphatic heterocycles. The SMILES string of the molecule is COc1ncnc(Nc2ccc3c(c2)OCC(=O)N3)c1C(=O)N[C@@H]1[C@H]2CC[C@H](C2)[C@@H]1C(=O)Nc1ccc(F)c(C(F)(F)F)c1. The van der Waals surface area contributed by atoms with Crippen molar-refractivity contribution in [2.24, 2.45) is 17.8 Å². The van der Waals surface area contributed by atoms with Crippen LogP contribution in [-0.2, 0) is 15.8 Å². The Balaban J connectivity index is 1.23. The first-order valence-corrected chi connectivity index (χ1v) is 13.7. The fourth-order valence-corrected chi connectivity index (χ4v) is 6.26. The summed E-state index contributed by atoms with van der Waals surface area (Å²) >= 11 is 0. The summed E-state index contributed by atoms with van der Waals surface area (Å²) in [5, 5.41) is 11.2. The number of hydrogen-bond donors (Lipinski definition) is 4. The number of fused-ring (bicyclic) bond motifs is 3. The lowest BCUT2D eigenvalue weighted by molar-refractivity contribution is -0.140. The zero-order valence-corrected chi connectivity index (χ0v) is 23.1. The summed E-state index contributed by atoms with van der Waals surface area (Å²) in [4.78, 5) is 47.1. The highest BCUT2D eigenvalue weighted by Crippen LogP contribution is 2.49. The van der Waals surface area contributed by atoms with Crippen molar-refractivity contribution >= 4 is 40.6 Å². The molecular weight excluding hydrogens is 588 g/mol. The predicted octanol–water partition coefficient (Wildman–Crippen LogP) is 4.50. The molecule has 6 rings (SSSR count). The van der Waals surface area contributed by atoms with Crippen molar-refractivity contribution in [1.82, 2.24) is 15.3 Å². The number of carbonyl (C=O) groups excluding carboxylic acids is 3. The minimum absolute atomic E-state index is 0.0303. The maximum atomic E-state index is 13.8. The Morgan fingerprint density at radius 2 is 1.84 bits per heavy atom. The second-order valence-corrected chi connectivity index (χ2v) is 10.8. The standard InChI is InChI=1S/C29H26F4N6O5/c1-43-28-23(25(34-12-35-28)36-16-5-7-19-20(10-16)44-11-21(40)38-19)27(42)39-24-14-3-2-13(8-14)22(24)26(41)37-15-4-6-18(30)17(9-15)29(31,32)33/h4-7,9-10,12-14,22,24H,2-3,8,11H2,1H3,(H,37,41)(H,38,40)(H,39,42)(H,34,35,36)/t13-,14+,22+,24-/m1/s1. The number of carbonyl (C=O) groups is 3. The van der Waals surface area contributed by atoms with Crippen LogP contribution < -0.4 is 30.7 Å². The van der Waals surface area contributed by atoms with Gasteiger partial charge < -0.3 is 30.7 Å². The lowest BCUT2D eigenvalue weighted by Crippen LogP contribution is -2.48. The van der Waals surface area contributed by atoms with E-state index in [1.807, 2.05) is 0 Å². The number of anilines is 4. The molecule has 2 heterocycles. The van der Waals surface area contributed by atoms with Gasteiger partial charge in [-0.3, -0.25) is 14.4 Å². The van der Waals surface area contributed by atoms with Crippen molar-refractivity contribution < 1.29 is 41.4 Å². The average molecular weight is 615 g/mol. The van der Waals surface area contributed by atoms with Crippen LogP contribution in [0, 0.1) is 23.6 Å². The topological polar surface area (TPSA) is 144 Å². The van der Waals surface area contributed by atoms with Crippen molar-refractivity contribution in [3.8, 4) is 11.6 Å². The third-order valence-corrected chi connectivity index (χ3v) is 8.17. The number of methoxy groups -OCH3 is 1. The van der Waals surface area contributed by atoms with E-state index in [1.54, 1.807) is 18.2 Å². The van der Waals surface area contributed by atoms with Crippen LogP contribution in [0.15, 0.2) is 42.7 Å². The van der Waals surface area contributed by atoms with Gasteiger partial charge in [-0.15, -0.1) is 0 Å². The molecule has 1 aromatic heterocycles. The zero-order chi connectivity index (χ0) is 31.2. The lowest BCUT2D eigenvalue weighted by Gasteiger charge is -2.31. The normalized spacial score (nSPS) is 22.0. The van der Waals surface area contributed by atoms with E-state index < -0.39 is 41.3 Å². The Bertz CT molecular complexity index is 1650. The second kappa shape index (κ2) is 11.3. The van der Waals surface area contributed by atoms with Crippen molar-refractivity contribution in [3.05, 3.63) is 59.7 Å². The van der Waals surface area contributed by atoms with E-state index in [2.05, 4.69) is 31.2 Å². The van der Waals surface area contributed by atoms with Crippen LogP contribution in [0.4, 0.5) is 40.4 Å². The van der Waals surface area contributed by atoms with Crippen molar-refractivity contribution in [2.45, 2.75) is 31.5 Å². The van der Waals surface area contributed by atoms with E-state index in [0.29, 0.717) is 35.7 Å². The van der Waals surface area contributed by atoms with Crippen LogP contribution in [0.25, 0.3) is 0 Å². The van der Waals surface area contributed by atoms with Gasteiger partial charge in [0.15, 0.2) is 12.4 Å². The number of alkyl halides is 3. The third kappa shape index (κ3) is 5.56. The molecule has 3 aliphatic rings. The van der Waals surface area contributed by atoms with E-state index >= 15 is 0 Å². The van der Waals surface area contributed by atoms with Crippen LogP contribution in [0.3, 0.4) is 0 Å². The van der Waals surface area contributed by atoms with E-state index in [4.69, 9.17) is 9.47 Å². The minimum Gasteiger partial charge on any atom is -0.482 e. The Hall–Kier alpha value is -4.95. The van der Waals surface area contributed by atoms with Gasteiger partial charge in [-0.05, 0) is 61.4 Å². The van der Waals surface area contributed by atoms with Crippen LogP contribution in [0.2, 0.25) is 0 Å². The third-order valence-electron chi connectivity index (χ3n) is 8.17. The lowest BCUT2D eigenvalue weighted by atomic mass is 9.83. The fourth-order valence-electron chi connectivity index (χ4n) is 6.26. The van der Waals surface area contributed by atoms with Gasteiger partial charge in [0.1, 0.15) is 23.5 Å². The molecule has 15 heteroatoms. The van der Waals surface area contributed by atoms with E-state index in [9.17, 15) is 31.9 Å². The summed E-state index contributed by atoms with van der Waals surface area (Å²) < 4.78 is 64.3. The number of halogens is 4. The maximum absolute atomic E-state index is 13.8. The molecule has 11 nitrogen and oxygen atoms in total. The smallest absolute Gasteiger partial charge is 0.419 e. The highest BCUT2D eigenvalue weighted by atomic mass is 19.4. The van der Waals surface area contributed by atoms with Crippen molar-refractivity contribution in [2.75, 3.05) is 29.7 Å². The molecule has 0 unspecified atom stereocenters. The number of hydrogen-bond acceptors (Lipinski definition) is 8. The molecule has 44 heavy (non-hydrogen) atoms. The van der Waals surface area contributed by atoms with Crippen LogP contribution in [0.5, 0.6) is 11.6 Å². The molecule has 0 saturated heterocycles. The summed E-state index contributed by atoms with van der Waals surface area (Å²) in [5.74, 6) is -3.32. The van der Waals surface area contributed by atoms with Gasteiger partial charge in [0.2, 0.25) is 11.8 Å². The van der Waals surface area contributed by atoms with Crippen molar-refractivity contribution in [1.29, 1.82) is 0 Å². The molecular formula is C29H26F4N6O5. The molecule has 4 atom stereocenters. The molecule has 0 radical (unpaired) electrons. The molecule has 2 saturated carbocycles. The summed E-state index contributed by atoms with van der Waals surface area (Å²) in [7, 11) is 1.34. The van der Waals surface area contributed by atoms with Gasteiger partial charge in [0.05, 0.1) is 24.3 Å². The summed E-state index contributed by atoms with van der Waals surface area (Å²) in [6.07, 6.45) is -1.60. The van der Waals surface area contributed by atoms with Crippen LogP contribution in [-0.4, -0.2) is 47.4 Å². The van der Waals surface area contributed by atoms with Crippen molar-refractivity contribution in [3.63, 3.8) is 0 Å². The summed E-state index contributed by atoms with van der Waals surface area (Å²) in [6.45, 7) is -0.144. The van der Waals surface area contributed by atoms with Crippen LogP contribution in [0.1, 0.15) is 35.2 Å². The molecule has 0 spiro atoms. The molecule has 2 aromatic carbocycles. The van der Waals surface area contributed by atoms with Gasteiger partial charge in [0.25, 0.3) is 11.8 Å². The van der Waals surface area contributed by atoms with Gasteiger partial charge in [-0.1, -0.05) is 0 Å². The summed E-state index contributed by atoms with van der Waals surface area (Å²) in [6, 6.07) is 6.54. The highest BCUT2D eigenvalue weighted by molar-refractivity contribution is 6.02. The van der Waals surface area contributed by atoms with Crippen LogP contribution >= 0.6 is 0 Å². The molecule has 2 fully saturated rings. The average Bonchev–Trinajstić information content (AvgIpc) is 3.59. The molecule has 2 bridgehead atoms. The number of amides is 3. The number of ether oxygens (including phenoxy) is 2. The van der Waals surface area contributed by atoms with Gasteiger partial charge >= 0.3 is 6.18 Å². The first-order chi connectivity index (χ1) is 21.0. The van der Waals surface area contributed by atoms with Gasteiger partial charge in [0, 0.05) is 23.5 Å². The van der Waals surface area contributed by atoms with E-state index in [1.165, 1.54) is 13.4 Å². The fraction of sp³-hybridized carbons (Fsp3) is 0.345. The number of nitrogens with one attached hydrogen (secondary N) is 4. The Morgan fingerprint density at radius 3 is 2.61 bits per heavy atom. The highest BCUT2D eigenvalue weighted by Gasteiger charge is 2.51. The first kappa shape index (κ1) is 29.1. The minimum atomic E-state index is -4.93. The Kier molecular flexibility index (Phi) is 7.47. The number of benzene rings is 2. The Morgan fingerprint density at radius 1 is 1.07 bits per heavy atom. The zero-order valence-electron chi connectivity index (χ0n) is 23.1. The number of aromatic nitrogens is 2. The quantitative estimate of drug-likeness (QED) is 0.285. The molecule has 2 aliphatic carbocycles. The van der Waals surface area contributed by atoms with Gasteiger partial charge in [-0.2, -0.15) is 13.2 Å². The van der Waals surface area contributed by atoms with Gasteiger partial charge in [-0.25, -0.2) is 14.4 Å². The molecule has 3 amide bonds.